The Morgan fingerprint density at radius 1 is 0.410 bits per heavy atom. The Kier molecular flexibility index (Phi) is 6.69. The van der Waals surface area contributed by atoms with Gasteiger partial charge >= 0.3 is 0 Å². The minimum absolute atomic E-state index is 0.0564. The molecule has 0 aliphatic heterocycles. The van der Waals surface area contributed by atoms with E-state index >= 15 is 0 Å². The van der Waals surface area contributed by atoms with E-state index in [0.717, 1.165) is 33.7 Å². The molecule has 0 saturated carbocycles. The van der Waals surface area contributed by atoms with E-state index in [2.05, 4.69) is 213 Å². The molecule has 4 nitrogen and oxygen atoms in total. The van der Waals surface area contributed by atoms with Crippen LogP contribution in [0.15, 0.2) is 158 Å². The molecule has 0 radical (unpaired) electrons. The number of anilines is 3. The highest BCUT2D eigenvalue weighted by Crippen LogP contribution is 2.51. The summed E-state index contributed by atoms with van der Waals surface area (Å²) < 4.78 is 5.04. The Morgan fingerprint density at radius 2 is 0.984 bits per heavy atom. The van der Waals surface area contributed by atoms with Crippen LogP contribution < -0.4 is 4.90 Å². The number of hydrogen-bond acceptors (Lipinski definition) is 2. The van der Waals surface area contributed by atoms with Gasteiger partial charge in [0.25, 0.3) is 0 Å². The topological polar surface area (TPSA) is 25.0 Å². The van der Waals surface area contributed by atoms with E-state index in [9.17, 15) is 0 Å². The first-order valence-electron chi connectivity index (χ1n) is 21.6. The van der Waals surface area contributed by atoms with Crippen LogP contribution in [0.4, 0.5) is 17.1 Å². The number of fused-ring (bicyclic) bond motifs is 16. The van der Waals surface area contributed by atoms with Crippen molar-refractivity contribution in [1.82, 2.24) is 13.8 Å². The summed E-state index contributed by atoms with van der Waals surface area (Å²) in [5.41, 5.74) is 13.9. The van der Waals surface area contributed by atoms with Crippen LogP contribution in [0.1, 0.15) is 52.7 Å². The lowest BCUT2D eigenvalue weighted by Crippen LogP contribution is -2.15. The van der Waals surface area contributed by atoms with Crippen molar-refractivity contribution in [1.29, 1.82) is 0 Å². The normalized spacial score (nSPS) is 13.1. The molecule has 292 valence electrons. The van der Waals surface area contributed by atoms with Gasteiger partial charge in [-0.3, -0.25) is 4.40 Å². The molecule has 4 heteroatoms. The average Bonchev–Trinajstić information content (AvgIpc) is 3.98. The summed E-state index contributed by atoms with van der Waals surface area (Å²) in [6.45, 7) is 14.0. The lowest BCUT2D eigenvalue weighted by molar-refractivity contribution is 0.591. The summed E-state index contributed by atoms with van der Waals surface area (Å²) in [6.07, 6.45) is 0. The van der Waals surface area contributed by atoms with Crippen molar-refractivity contribution >= 4 is 115 Å². The molecule has 0 amide bonds. The molecule has 5 aromatic heterocycles. The summed E-state index contributed by atoms with van der Waals surface area (Å²) in [6, 6.07) is 58.7. The van der Waals surface area contributed by atoms with Gasteiger partial charge in [-0.15, -0.1) is 0 Å². The molecule has 13 aromatic rings. The molecule has 5 heterocycles. The molecule has 0 aliphatic rings. The largest absolute Gasteiger partial charge is 0.308 e. The fourth-order valence-electron chi connectivity index (χ4n) is 10.6. The molecular formula is C57H44N4. The van der Waals surface area contributed by atoms with E-state index in [1.807, 2.05) is 0 Å². The Morgan fingerprint density at radius 3 is 1.67 bits per heavy atom. The number of pyridine rings is 1. The molecule has 61 heavy (non-hydrogen) atoms. The Hall–Kier alpha value is -7.17. The molecule has 0 aliphatic carbocycles. The van der Waals surface area contributed by atoms with Gasteiger partial charge in [0.05, 0.1) is 38.8 Å². The van der Waals surface area contributed by atoms with Gasteiger partial charge in [0, 0.05) is 49.1 Å². The molecule has 0 spiro atoms. The van der Waals surface area contributed by atoms with E-state index in [1.54, 1.807) is 0 Å². The van der Waals surface area contributed by atoms with Crippen LogP contribution in [0.5, 0.6) is 0 Å². The van der Waals surface area contributed by atoms with Gasteiger partial charge in [0.15, 0.2) is 0 Å². The second kappa shape index (κ2) is 11.8. The monoisotopic (exact) mass is 784 g/mol. The van der Waals surface area contributed by atoms with Crippen LogP contribution in [-0.4, -0.2) is 13.8 Å². The van der Waals surface area contributed by atoms with E-state index in [-0.39, 0.29) is 10.8 Å². The van der Waals surface area contributed by atoms with Crippen LogP contribution >= 0.6 is 0 Å². The fraction of sp³-hybridized carbons (Fsp3) is 0.140. The summed E-state index contributed by atoms with van der Waals surface area (Å²) in [5, 5.41) is 13.8. The van der Waals surface area contributed by atoms with Crippen molar-refractivity contribution in [2.24, 2.45) is 0 Å². The number of nitrogens with zero attached hydrogens (tertiary/aromatic N) is 4. The predicted octanol–water partition coefficient (Wildman–Crippen LogP) is 15.8. The summed E-state index contributed by atoms with van der Waals surface area (Å²) in [4.78, 5) is 8.40. The highest BCUT2D eigenvalue weighted by atomic mass is 15.2. The lowest BCUT2D eigenvalue weighted by Gasteiger charge is -2.29. The number of rotatable bonds is 3. The van der Waals surface area contributed by atoms with Crippen molar-refractivity contribution in [2.75, 3.05) is 4.90 Å². The molecule has 0 unspecified atom stereocenters. The van der Waals surface area contributed by atoms with E-state index in [1.165, 1.54) is 92.4 Å². The van der Waals surface area contributed by atoms with Crippen LogP contribution in [-0.2, 0) is 10.8 Å². The maximum Gasteiger partial charge on any atom is 0.146 e. The number of benzene rings is 8. The van der Waals surface area contributed by atoms with Gasteiger partial charge in [0.2, 0.25) is 0 Å². The molecule has 0 saturated heterocycles. The third kappa shape index (κ3) is 4.62. The molecule has 8 aromatic carbocycles. The second-order valence-corrected chi connectivity index (χ2v) is 19.3. The van der Waals surface area contributed by atoms with Gasteiger partial charge in [-0.2, -0.15) is 0 Å². The Balaban J connectivity index is 1.28. The van der Waals surface area contributed by atoms with Gasteiger partial charge in [-0.05, 0) is 110 Å². The zero-order valence-electron chi connectivity index (χ0n) is 35.3. The van der Waals surface area contributed by atoms with Crippen LogP contribution in [0.3, 0.4) is 0 Å². The highest BCUT2D eigenvalue weighted by Gasteiger charge is 2.30. The van der Waals surface area contributed by atoms with Gasteiger partial charge in [-0.25, -0.2) is 4.98 Å². The van der Waals surface area contributed by atoms with Crippen LogP contribution in [0, 0.1) is 0 Å². The number of aromatic nitrogens is 3. The van der Waals surface area contributed by atoms with Crippen molar-refractivity contribution in [3.05, 3.63) is 169 Å². The van der Waals surface area contributed by atoms with Gasteiger partial charge < -0.3 is 9.30 Å². The summed E-state index contributed by atoms with van der Waals surface area (Å²) in [7, 11) is 0. The molecule has 13 rings (SSSR count). The minimum atomic E-state index is -0.0950. The maximum atomic E-state index is 5.95. The van der Waals surface area contributed by atoms with E-state index in [0.29, 0.717) is 0 Å². The van der Waals surface area contributed by atoms with E-state index in [4.69, 9.17) is 4.98 Å². The first-order valence-corrected chi connectivity index (χ1v) is 21.6. The number of para-hydroxylation sites is 2. The average molecular weight is 785 g/mol. The van der Waals surface area contributed by atoms with Crippen molar-refractivity contribution < 1.29 is 0 Å². The van der Waals surface area contributed by atoms with Crippen molar-refractivity contribution in [2.45, 2.75) is 52.4 Å². The van der Waals surface area contributed by atoms with Crippen molar-refractivity contribution in [3.63, 3.8) is 0 Å². The molecule has 0 fully saturated rings. The zero-order valence-corrected chi connectivity index (χ0v) is 35.3. The predicted molar refractivity (Wildman–Crippen MR) is 261 cm³/mol. The SMILES string of the molecule is CC(C)(C)c1cc(N(c2ccccc2)c2ccccc2)c2c(c1)c1cc3ccccc3c3c4cc5c(nc4n2c13)c1cc(C(C)(C)C)cc2c3c4ccccc4ccc3n5c12. The third-order valence-corrected chi connectivity index (χ3v) is 13.6. The standard InChI is InChI=1S/C57H44N4/c1-56(2,3)35-29-43-49-39-23-15-13-17-33(39)25-26-46(49)60-47-32-44-50-40-24-16-14-18-34(40)27-41-42-28-36(57(4,5)6)31-48(59(37-19-9-7-10-20-37)38-21-11-8-12-22-38)53(42)61(54(41)50)55(44)58-51(47)45(30-35)52(43)60/h7-32H,1-6H3. The Bertz CT molecular complexity index is 3890. The highest BCUT2D eigenvalue weighted by molar-refractivity contribution is 6.34. The Labute approximate surface area is 353 Å². The summed E-state index contributed by atoms with van der Waals surface area (Å²) >= 11 is 0. The minimum Gasteiger partial charge on any atom is -0.308 e. The van der Waals surface area contributed by atoms with Crippen molar-refractivity contribution in [3.8, 4) is 0 Å². The molecule has 0 atom stereocenters. The van der Waals surface area contributed by atoms with Crippen LogP contribution in [0.2, 0.25) is 0 Å². The van der Waals surface area contributed by atoms with Crippen LogP contribution in [0.25, 0.3) is 98.0 Å². The van der Waals surface area contributed by atoms with Gasteiger partial charge in [-0.1, -0.05) is 133 Å². The zero-order chi connectivity index (χ0) is 41.1. The maximum absolute atomic E-state index is 5.95. The van der Waals surface area contributed by atoms with Gasteiger partial charge in [0.1, 0.15) is 5.65 Å². The fourth-order valence-corrected chi connectivity index (χ4v) is 10.6. The lowest BCUT2D eigenvalue weighted by atomic mass is 9.85. The molecule has 0 N–H and O–H groups in total. The number of hydrogen-bond donors (Lipinski definition) is 0. The molecular weight excluding hydrogens is 741 g/mol. The third-order valence-electron chi connectivity index (χ3n) is 13.6. The summed E-state index contributed by atoms with van der Waals surface area (Å²) in [5.74, 6) is 0. The first kappa shape index (κ1) is 34.7. The van der Waals surface area contributed by atoms with E-state index < -0.39 is 0 Å². The quantitative estimate of drug-likeness (QED) is 0.178. The first-order chi connectivity index (χ1) is 29.5. The molecule has 0 bridgehead atoms. The second-order valence-electron chi connectivity index (χ2n) is 19.3. The smallest absolute Gasteiger partial charge is 0.146 e.